The molecule has 1 aromatic carbocycles. The monoisotopic (exact) mass is 330 g/mol. The molecule has 0 aromatic heterocycles. The van der Waals surface area contributed by atoms with E-state index in [2.05, 4.69) is 56.1 Å². The Bertz CT molecular complexity index is 318. The molecular weight excluding hydrogens is 316 g/mol. The summed E-state index contributed by atoms with van der Waals surface area (Å²) in [5, 5.41) is 0. The van der Waals surface area contributed by atoms with Crippen LogP contribution in [0.15, 0.2) is 28.7 Å². The summed E-state index contributed by atoms with van der Waals surface area (Å²) in [6.07, 6.45) is 6.66. The van der Waals surface area contributed by atoms with Crippen LogP contribution in [0.3, 0.4) is 0 Å². The van der Waals surface area contributed by atoms with E-state index in [0.29, 0.717) is 0 Å². The van der Waals surface area contributed by atoms with Crippen LogP contribution >= 0.6 is 31.9 Å². The Hall–Kier alpha value is 0.180. The average molecular weight is 332 g/mol. The highest BCUT2D eigenvalue weighted by Gasteiger charge is 2.28. The van der Waals surface area contributed by atoms with Crippen molar-refractivity contribution < 1.29 is 0 Å². The van der Waals surface area contributed by atoms with Crippen LogP contribution in [0, 0.1) is 5.92 Å². The summed E-state index contributed by atoms with van der Waals surface area (Å²) in [6, 6.07) is 8.53. The number of hydrogen-bond donors (Lipinski definition) is 0. The Morgan fingerprint density at radius 3 is 2.67 bits per heavy atom. The minimum Gasteiger partial charge on any atom is -0.0888 e. The first-order valence-corrected chi connectivity index (χ1v) is 7.35. The van der Waals surface area contributed by atoms with Gasteiger partial charge in [-0.15, -0.1) is 0 Å². The topological polar surface area (TPSA) is 0 Å². The molecule has 0 amide bonds. The molecule has 0 spiro atoms. The van der Waals surface area contributed by atoms with Crippen LogP contribution in [0.25, 0.3) is 0 Å². The van der Waals surface area contributed by atoms with Gasteiger partial charge < -0.3 is 0 Å². The van der Waals surface area contributed by atoms with Crippen LogP contribution < -0.4 is 0 Å². The van der Waals surface area contributed by atoms with Gasteiger partial charge in [-0.25, -0.2) is 0 Å². The zero-order chi connectivity index (χ0) is 10.7. The molecule has 0 N–H and O–H groups in total. The molecule has 0 nitrogen and oxygen atoms in total. The van der Waals surface area contributed by atoms with Gasteiger partial charge >= 0.3 is 0 Å². The molecule has 0 bridgehead atoms. The molecule has 1 aliphatic carbocycles. The van der Waals surface area contributed by atoms with Crippen molar-refractivity contribution in [3.8, 4) is 0 Å². The molecule has 82 valence electrons. The van der Waals surface area contributed by atoms with E-state index < -0.39 is 0 Å². The van der Waals surface area contributed by atoms with Crippen molar-refractivity contribution in [2.24, 2.45) is 5.92 Å². The standard InChI is InChI=1S/C13H16Br2/c14-12-6-2-1-4-10(12)5-3-7-13(15)11-8-9-11/h1-2,4,6,11,13H,3,5,7-9H2. The summed E-state index contributed by atoms with van der Waals surface area (Å²) in [7, 11) is 0. The lowest BCUT2D eigenvalue weighted by Crippen LogP contribution is -2.01. The summed E-state index contributed by atoms with van der Waals surface area (Å²) in [4.78, 5) is 0.764. The third-order valence-corrected chi connectivity index (χ3v) is 5.00. The molecule has 0 aliphatic heterocycles. The van der Waals surface area contributed by atoms with E-state index in [0.717, 1.165) is 10.7 Å². The van der Waals surface area contributed by atoms with E-state index in [4.69, 9.17) is 0 Å². The van der Waals surface area contributed by atoms with Crippen LogP contribution in [-0.4, -0.2) is 4.83 Å². The molecule has 15 heavy (non-hydrogen) atoms. The molecule has 2 heteroatoms. The van der Waals surface area contributed by atoms with E-state index in [1.54, 1.807) is 0 Å². The SMILES string of the molecule is Brc1ccccc1CCCC(Br)C1CC1. The molecule has 1 unspecified atom stereocenters. The van der Waals surface area contributed by atoms with Gasteiger partial charge in [0.15, 0.2) is 0 Å². The van der Waals surface area contributed by atoms with Gasteiger partial charge in [0, 0.05) is 9.30 Å². The number of aryl methyl sites for hydroxylation is 1. The minimum absolute atomic E-state index is 0.764. The smallest absolute Gasteiger partial charge is 0.0207 e. The zero-order valence-corrected chi connectivity index (χ0v) is 11.9. The van der Waals surface area contributed by atoms with Gasteiger partial charge in [0.05, 0.1) is 0 Å². The molecule has 0 radical (unpaired) electrons. The highest BCUT2D eigenvalue weighted by atomic mass is 79.9. The molecule has 2 rings (SSSR count). The van der Waals surface area contributed by atoms with Gasteiger partial charge in [-0.05, 0) is 49.7 Å². The summed E-state index contributed by atoms with van der Waals surface area (Å²) in [6.45, 7) is 0. The first kappa shape index (κ1) is 11.7. The van der Waals surface area contributed by atoms with Crippen LogP contribution in [0.4, 0.5) is 0 Å². The van der Waals surface area contributed by atoms with Crippen molar-refractivity contribution in [1.82, 2.24) is 0 Å². The molecule has 1 fully saturated rings. The molecule has 1 atom stereocenters. The second-order valence-electron chi connectivity index (χ2n) is 4.34. The van der Waals surface area contributed by atoms with Crippen LogP contribution in [-0.2, 0) is 6.42 Å². The number of halogens is 2. The van der Waals surface area contributed by atoms with Crippen LogP contribution in [0.1, 0.15) is 31.2 Å². The van der Waals surface area contributed by atoms with E-state index in [9.17, 15) is 0 Å². The van der Waals surface area contributed by atoms with E-state index >= 15 is 0 Å². The highest BCUT2D eigenvalue weighted by molar-refractivity contribution is 9.10. The molecule has 1 aliphatic rings. The molecule has 1 saturated carbocycles. The Morgan fingerprint density at radius 1 is 1.27 bits per heavy atom. The van der Waals surface area contributed by atoms with E-state index in [1.165, 1.54) is 42.1 Å². The van der Waals surface area contributed by atoms with Crippen molar-refractivity contribution >= 4 is 31.9 Å². The average Bonchev–Trinajstić information content (AvgIpc) is 3.04. The highest BCUT2D eigenvalue weighted by Crippen LogP contribution is 2.38. The van der Waals surface area contributed by atoms with Gasteiger partial charge in [-0.1, -0.05) is 50.1 Å². The van der Waals surface area contributed by atoms with Crippen LogP contribution in [0.5, 0.6) is 0 Å². The Balaban J connectivity index is 1.75. The summed E-state index contributed by atoms with van der Waals surface area (Å²) >= 11 is 7.38. The van der Waals surface area contributed by atoms with Crippen molar-refractivity contribution in [1.29, 1.82) is 0 Å². The normalized spacial score (nSPS) is 17.7. The van der Waals surface area contributed by atoms with E-state index in [-0.39, 0.29) is 0 Å². The molecule has 1 aromatic rings. The van der Waals surface area contributed by atoms with Gasteiger partial charge in [0.25, 0.3) is 0 Å². The first-order valence-electron chi connectivity index (χ1n) is 5.65. The van der Waals surface area contributed by atoms with Crippen LogP contribution in [0.2, 0.25) is 0 Å². The van der Waals surface area contributed by atoms with Gasteiger partial charge in [-0.3, -0.25) is 0 Å². The van der Waals surface area contributed by atoms with Crippen molar-refractivity contribution in [2.75, 3.05) is 0 Å². The number of alkyl halides is 1. The lowest BCUT2D eigenvalue weighted by Gasteiger charge is -2.08. The Kier molecular flexibility index (Phi) is 4.27. The summed E-state index contributed by atoms with van der Waals surface area (Å²) in [5.41, 5.74) is 1.44. The predicted molar refractivity (Wildman–Crippen MR) is 72.5 cm³/mol. The van der Waals surface area contributed by atoms with Crippen molar-refractivity contribution in [3.63, 3.8) is 0 Å². The zero-order valence-electron chi connectivity index (χ0n) is 8.76. The fourth-order valence-corrected chi connectivity index (χ4v) is 3.22. The molecule has 0 heterocycles. The fraction of sp³-hybridized carbons (Fsp3) is 0.538. The van der Waals surface area contributed by atoms with Gasteiger partial charge in [-0.2, -0.15) is 0 Å². The third-order valence-electron chi connectivity index (χ3n) is 3.02. The maximum absolute atomic E-state index is 3.79. The van der Waals surface area contributed by atoms with Crippen molar-refractivity contribution in [2.45, 2.75) is 36.9 Å². The number of rotatable bonds is 5. The third kappa shape index (κ3) is 3.60. The second kappa shape index (κ2) is 5.49. The first-order chi connectivity index (χ1) is 7.27. The van der Waals surface area contributed by atoms with E-state index in [1.807, 2.05) is 0 Å². The Labute approximate surface area is 109 Å². The lowest BCUT2D eigenvalue weighted by atomic mass is 10.1. The Morgan fingerprint density at radius 2 is 2.00 bits per heavy atom. The maximum atomic E-state index is 3.79. The number of benzene rings is 1. The quantitative estimate of drug-likeness (QED) is 0.670. The summed E-state index contributed by atoms with van der Waals surface area (Å²) < 4.78 is 1.25. The fourth-order valence-electron chi connectivity index (χ4n) is 1.88. The number of hydrogen-bond acceptors (Lipinski definition) is 0. The molecular formula is C13H16Br2. The largest absolute Gasteiger partial charge is 0.0888 e. The van der Waals surface area contributed by atoms with Gasteiger partial charge in [0.1, 0.15) is 0 Å². The second-order valence-corrected chi connectivity index (χ2v) is 6.37. The minimum atomic E-state index is 0.764. The molecule has 0 saturated heterocycles. The van der Waals surface area contributed by atoms with Gasteiger partial charge in [0.2, 0.25) is 0 Å². The van der Waals surface area contributed by atoms with Crippen molar-refractivity contribution in [3.05, 3.63) is 34.3 Å². The maximum Gasteiger partial charge on any atom is 0.0207 e. The predicted octanol–water partition coefficient (Wildman–Crippen LogP) is 4.95. The lowest BCUT2D eigenvalue weighted by molar-refractivity contribution is 0.653. The summed E-state index contributed by atoms with van der Waals surface area (Å²) in [5.74, 6) is 0.976.